The molecule has 1 aromatic rings. The van der Waals surface area contributed by atoms with Crippen molar-refractivity contribution < 1.29 is 4.74 Å². The Balaban J connectivity index is 1.96. The van der Waals surface area contributed by atoms with Crippen molar-refractivity contribution in [2.24, 2.45) is 0 Å². The summed E-state index contributed by atoms with van der Waals surface area (Å²) in [6.07, 6.45) is 3.43. The number of benzene rings is 1. The van der Waals surface area contributed by atoms with Crippen molar-refractivity contribution in [3.05, 3.63) is 34.9 Å². The SMILES string of the molecule is C[C@H](NC1CCCOCC1)c1ccccc1Cl. The normalized spacial score (nSPS) is 23.1. The zero-order valence-corrected chi connectivity index (χ0v) is 11.0. The number of hydrogen-bond donors (Lipinski definition) is 1. The van der Waals surface area contributed by atoms with Crippen molar-refractivity contribution in [1.29, 1.82) is 0 Å². The van der Waals surface area contributed by atoms with Gasteiger partial charge in [0.15, 0.2) is 0 Å². The smallest absolute Gasteiger partial charge is 0.0480 e. The van der Waals surface area contributed by atoms with E-state index in [0.29, 0.717) is 12.1 Å². The van der Waals surface area contributed by atoms with Crippen LogP contribution in [0.25, 0.3) is 0 Å². The molecule has 0 spiro atoms. The van der Waals surface area contributed by atoms with E-state index in [4.69, 9.17) is 16.3 Å². The van der Waals surface area contributed by atoms with Crippen LogP contribution in [0, 0.1) is 0 Å². The summed E-state index contributed by atoms with van der Waals surface area (Å²) in [7, 11) is 0. The highest BCUT2D eigenvalue weighted by atomic mass is 35.5. The van der Waals surface area contributed by atoms with Crippen LogP contribution in [-0.4, -0.2) is 19.3 Å². The van der Waals surface area contributed by atoms with Crippen LogP contribution in [0.15, 0.2) is 24.3 Å². The summed E-state index contributed by atoms with van der Waals surface area (Å²) in [6.45, 7) is 3.94. The topological polar surface area (TPSA) is 21.3 Å². The molecule has 0 amide bonds. The third-order valence-corrected chi connectivity index (χ3v) is 3.65. The molecule has 2 nitrogen and oxygen atoms in total. The van der Waals surface area contributed by atoms with E-state index < -0.39 is 0 Å². The zero-order valence-electron chi connectivity index (χ0n) is 10.3. The largest absolute Gasteiger partial charge is 0.381 e. The van der Waals surface area contributed by atoms with E-state index in [2.05, 4.69) is 18.3 Å². The Morgan fingerprint density at radius 2 is 2.12 bits per heavy atom. The van der Waals surface area contributed by atoms with Crippen molar-refractivity contribution in [2.75, 3.05) is 13.2 Å². The summed E-state index contributed by atoms with van der Waals surface area (Å²) in [5, 5.41) is 4.50. The molecular formula is C14H20ClNO. The van der Waals surface area contributed by atoms with E-state index >= 15 is 0 Å². The molecule has 17 heavy (non-hydrogen) atoms. The van der Waals surface area contributed by atoms with Crippen LogP contribution in [0.3, 0.4) is 0 Å². The van der Waals surface area contributed by atoms with Gasteiger partial charge in [0.25, 0.3) is 0 Å². The van der Waals surface area contributed by atoms with E-state index in [1.165, 1.54) is 12.0 Å². The van der Waals surface area contributed by atoms with Crippen molar-refractivity contribution in [3.8, 4) is 0 Å². The van der Waals surface area contributed by atoms with Gasteiger partial charge in [-0.25, -0.2) is 0 Å². The van der Waals surface area contributed by atoms with Crippen LogP contribution in [0.1, 0.15) is 37.8 Å². The van der Waals surface area contributed by atoms with Crippen LogP contribution in [0.4, 0.5) is 0 Å². The molecule has 2 rings (SSSR count). The zero-order chi connectivity index (χ0) is 12.1. The van der Waals surface area contributed by atoms with Gasteiger partial charge in [-0.3, -0.25) is 0 Å². The van der Waals surface area contributed by atoms with E-state index in [9.17, 15) is 0 Å². The highest BCUT2D eigenvalue weighted by Crippen LogP contribution is 2.23. The van der Waals surface area contributed by atoms with Crippen LogP contribution < -0.4 is 5.32 Å². The maximum absolute atomic E-state index is 6.20. The van der Waals surface area contributed by atoms with Gasteiger partial charge in [-0.1, -0.05) is 29.8 Å². The van der Waals surface area contributed by atoms with Crippen molar-refractivity contribution in [3.63, 3.8) is 0 Å². The molecule has 1 heterocycles. The fraction of sp³-hybridized carbons (Fsp3) is 0.571. The fourth-order valence-electron chi connectivity index (χ4n) is 2.34. The second-order valence-corrected chi connectivity index (χ2v) is 5.06. The first kappa shape index (κ1) is 12.9. The Morgan fingerprint density at radius 3 is 2.94 bits per heavy atom. The number of rotatable bonds is 3. The highest BCUT2D eigenvalue weighted by Gasteiger charge is 2.16. The minimum atomic E-state index is 0.298. The molecule has 1 N–H and O–H groups in total. The summed E-state index contributed by atoms with van der Waals surface area (Å²) in [5.74, 6) is 0. The Kier molecular flexibility index (Phi) is 4.84. The third-order valence-electron chi connectivity index (χ3n) is 3.31. The van der Waals surface area contributed by atoms with Gasteiger partial charge in [0.1, 0.15) is 0 Å². The molecular weight excluding hydrogens is 234 g/mol. The molecule has 1 saturated heterocycles. The van der Waals surface area contributed by atoms with Gasteiger partial charge >= 0.3 is 0 Å². The van der Waals surface area contributed by atoms with Crippen molar-refractivity contribution in [2.45, 2.75) is 38.3 Å². The van der Waals surface area contributed by atoms with E-state index in [1.54, 1.807) is 0 Å². The first-order valence-electron chi connectivity index (χ1n) is 6.35. The average Bonchev–Trinajstić information content (AvgIpc) is 2.58. The predicted molar refractivity (Wildman–Crippen MR) is 71.5 cm³/mol. The quantitative estimate of drug-likeness (QED) is 0.889. The lowest BCUT2D eigenvalue weighted by Crippen LogP contribution is -2.31. The highest BCUT2D eigenvalue weighted by molar-refractivity contribution is 6.31. The van der Waals surface area contributed by atoms with Crippen LogP contribution in [0.2, 0.25) is 5.02 Å². The lowest BCUT2D eigenvalue weighted by molar-refractivity contribution is 0.142. The van der Waals surface area contributed by atoms with Gasteiger partial charge < -0.3 is 10.1 Å². The molecule has 1 fully saturated rings. The summed E-state index contributed by atoms with van der Waals surface area (Å²) in [4.78, 5) is 0. The second kappa shape index (κ2) is 6.39. The predicted octanol–water partition coefficient (Wildman–Crippen LogP) is 3.56. The van der Waals surface area contributed by atoms with Crippen LogP contribution >= 0.6 is 11.6 Å². The van der Waals surface area contributed by atoms with Gasteiger partial charge in [0, 0.05) is 30.3 Å². The molecule has 0 radical (unpaired) electrons. The lowest BCUT2D eigenvalue weighted by Gasteiger charge is -2.22. The number of hydrogen-bond acceptors (Lipinski definition) is 2. The Hall–Kier alpha value is -0.570. The molecule has 1 aromatic carbocycles. The van der Waals surface area contributed by atoms with E-state index in [1.807, 2.05) is 18.2 Å². The van der Waals surface area contributed by atoms with Gasteiger partial charge in [-0.05, 0) is 37.8 Å². The molecule has 94 valence electrons. The summed E-state index contributed by atoms with van der Waals surface area (Å²) in [6, 6.07) is 8.89. The molecule has 0 aromatic heterocycles. The maximum Gasteiger partial charge on any atom is 0.0480 e. The van der Waals surface area contributed by atoms with E-state index in [0.717, 1.165) is 31.1 Å². The number of ether oxygens (including phenoxy) is 1. The van der Waals surface area contributed by atoms with Crippen molar-refractivity contribution in [1.82, 2.24) is 5.32 Å². The molecule has 1 aliphatic heterocycles. The average molecular weight is 254 g/mol. The van der Waals surface area contributed by atoms with Gasteiger partial charge in [0.05, 0.1) is 0 Å². The molecule has 2 atom stereocenters. The third kappa shape index (κ3) is 3.70. The second-order valence-electron chi connectivity index (χ2n) is 4.65. The van der Waals surface area contributed by atoms with Gasteiger partial charge in [0.2, 0.25) is 0 Å². The first-order chi connectivity index (χ1) is 8.27. The molecule has 0 bridgehead atoms. The Bertz CT molecular complexity index is 348. The molecule has 0 aliphatic carbocycles. The molecule has 0 saturated carbocycles. The minimum absolute atomic E-state index is 0.298. The van der Waals surface area contributed by atoms with Crippen LogP contribution in [0.5, 0.6) is 0 Å². The summed E-state index contributed by atoms with van der Waals surface area (Å²) in [5.41, 5.74) is 1.18. The van der Waals surface area contributed by atoms with Crippen molar-refractivity contribution >= 4 is 11.6 Å². The number of halogens is 1. The van der Waals surface area contributed by atoms with Crippen LogP contribution in [-0.2, 0) is 4.74 Å². The first-order valence-corrected chi connectivity index (χ1v) is 6.73. The molecule has 3 heteroatoms. The standard InChI is InChI=1S/C14H20ClNO/c1-11(13-6-2-3-7-14(13)15)16-12-5-4-9-17-10-8-12/h2-3,6-7,11-12,16H,4-5,8-10H2,1H3/t11-,12?/m0/s1. The monoisotopic (exact) mass is 253 g/mol. The maximum atomic E-state index is 6.20. The van der Waals surface area contributed by atoms with E-state index in [-0.39, 0.29) is 0 Å². The lowest BCUT2D eigenvalue weighted by atomic mass is 10.0. The Morgan fingerprint density at radius 1 is 1.29 bits per heavy atom. The summed E-state index contributed by atoms with van der Waals surface area (Å²) < 4.78 is 5.47. The van der Waals surface area contributed by atoms with Gasteiger partial charge in [-0.2, -0.15) is 0 Å². The number of nitrogens with one attached hydrogen (secondary N) is 1. The Labute approximate surface area is 108 Å². The minimum Gasteiger partial charge on any atom is -0.381 e. The molecule has 1 aliphatic rings. The molecule has 1 unspecified atom stereocenters. The fourth-order valence-corrected chi connectivity index (χ4v) is 2.64. The summed E-state index contributed by atoms with van der Waals surface area (Å²) >= 11 is 6.20. The van der Waals surface area contributed by atoms with Gasteiger partial charge in [-0.15, -0.1) is 0 Å².